The van der Waals surface area contributed by atoms with E-state index in [0.717, 1.165) is 22.3 Å². The monoisotopic (exact) mass is 536 g/mol. The van der Waals surface area contributed by atoms with Gasteiger partial charge in [-0.05, 0) is 37.1 Å². The highest BCUT2D eigenvalue weighted by Gasteiger charge is 2.18. The van der Waals surface area contributed by atoms with Gasteiger partial charge in [0.2, 0.25) is 0 Å². The number of nitrogens with zero attached hydrogens (tertiary/aromatic N) is 2. The van der Waals surface area contributed by atoms with Crippen LogP contribution in [-0.4, -0.2) is 47.9 Å². The SMILES string of the molecule is CCN(Cc1ccccc1)C(=O)COc1ccccc1-c1ccccc1OCC(=O)N(CC)Cc1ccccc1. The maximum absolute atomic E-state index is 13.0. The average molecular weight is 537 g/mol. The van der Waals surface area contributed by atoms with E-state index in [1.807, 2.05) is 123 Å². The van der Waals surface area contributed by atoms with Gasteiger partial charge in [-0.25, -0.2) is 0 Å². The van der Waals surface area contributed by atoms with Crippen LogP contribution in [0.2, 0.25) is 0 Å². The Balaban J connectivity index is 1.43. The molecular weight excluding hydrogens is 500 g/mol. The third-order valence-electron chi connectivity index (χ3n) is 6.67. The van der Waals surface area contributed by atoms with Crippen molar-refractivity contribution < 1.29 is 19.1 Å². The van der Waals surface area contributed by atoms with Crippen molar-refractivity contribution in [3.05, 3.63) is 120 Å². The first-order valence-corrected chi connectivity index (χ1v) is 13.7. The molecule has 206 valence electrons. The molecule has 40 heavy (non-hydrogen) atoms. The van der Waals surface area contributed by atoms with E-state index in [0.29, 0.717) is 37.7 Å². The lowest BCUT2D eigenvalue weighted by Gasteiger charge is -2.22. The van der Waals surface area contributed by atoms with E-state index in [1.165, 1.54) is 0 Å². The number of para-hydroxylation sites is 2. The van der Waals surface area contributed by atoms with Crippen molar-refractivity contribution in [3.63, 3.8) is 0 Å². The molecule has 0 aliphatic heterocycles. The Morgan fingerprint density at radius 3 is 1.25 bits per heavy atom. The summed E-state index contributed by atoms with van der Waals surface area (Å²) in [4.78, 5) is 29.5. The van der Waals surface area contributed by atoms with E-state index in [1.54, 1.807) is 9.80 Å². The molecule has 0 saturated carbocycles. The second-order valence-electron chi connectivity index (χ2n) is 9.36. The van der Waals surface area contributed by atoms with Gasteiger partial charge >= 0.3 is 0 Å². The van der Waals surface area contributed by atoms with Gasteiger partial charge in [0.25, 0.3) is 11.8 Å². The van der Waals surface area contributed by atoms with Gasteiger partial charge in [-0.3, -0.25) is 9.59 Å². The number of carbonyl (C=O) groups is 2. The Kier molecular flexibility index (Phi) is 10.3. The molecule has 0 fully saturated rings. The minimum absolute atomic E-state index is 0.0792. The number of benzene rings is 4. The number of rotatable bonds is 13. The van der Waals surface area contributed by atoms with Gasteiger partial charge in [-0.1, -0.05) is 97.1 Å². The lowest BCUT2D eigenvalue weighted by molar-refractivity contribution is -0.134. The summed E-state index contributed by atoms with van der Waals surface area (Å²) in [6.45, 7) is 6.00. The summed E-state index contributed by atoms with van der Waals surface area (Å²) in [5.74, 6) is 0.977. The van der Waals surface area contributed by atoms with Crippen LogP contribution in [-0.2, 0) is 22.7 Å². The van der Waals surface area contributed by atoms with Crippen LogP contribution in [0.15, 0.2) is 109 Å². The fourth-order valence-corrected chi connectivity index (χ4v) is 4.45. The van der Waals surface area contributed by atoms with E-state index in [-0.39, 0.29) is 25.0 Å². The van der Waals surface area contributed by atoms with Crippen molar-refractivity contribution in [3.8, 4) is 22.6 Å². The zero-order valence-electron chi connectivity index (χ0n) is 23.2. The molecule has 0 aliphatic carbocycles. The van der Waals surface area contributed by atoms with Crippen LogP contribution in [0.3, 0.4) is 0 Å². The van der Waals surface area contributed by atoms with Gasteiger partial charge in [-0.2, -0.15) is 0 Å². The van der Waals surface area contributed by atoms with Crippen molar-refractivity contribution >= 4 is 11.8 Å². The number of likely N-dealkylation sites (N-methyl/N-ethyl adjacent to an activating group) is 2. The quantitative estimate of drug-likeness (QED) is 0.204. The first-order valence-electron chi connectivity index (χ1n) is 13.7. The van der Waals surface area contributed by atoms with Crippen LogP contribution in [0.1, 0.15) is 25.0 Å². The summed E-state index contributed by atoms with van der Waals surface area (Å²) in [6.07, 6.45) is 0. The molecule has 4 aromatic carbocycles. The second-order valence-corrected chi connectivity index (χ2v) is 9.36. The Bertz CT molecular complexity index is 1270. The maximum Gasteiger partial charge on any atom is 0.260 e. The third kappa shape index (κ3) is 7.73. The van der Waals surface area contributed by atoms with Gasteiger partial charge in [0.1, 0.15) is 11.5 Å². The fraction of sp³-hybridized carbons (Fsp3) is 0.235. The minimum Gasteiger partial charge on any atom is -0.483 e. The predicted octanol–water partition coefficient (Wildman–Crippen LogP) is 6.21. The van der Waals surface area contributed by atoms with Gasteiger partial charge in [0.15, 0.2) is 13.2 Å². The van der Waals surface area contributed by atoms with E-state index in [2.05, 4.69) is 0 Å². The third-order valence-corrected chi connectivity index (χ3v) is 6.67. The number of hydrogen-bond acceptors (Lipinski definition) is 4. The summed E-state index contributed by atoms with van der Waals surface area (Å²) in [6, 6.07) is 35.0. The van der Waals surface area contributed by atoms with E-state index < -0.39 is 0 Å². The molecule has 4 rings (SSSR count). The molecule has 2 amide bonds. The van der Waals surface area contributed by atoms with Gasteiger partial charge in [-0.15, -0.1) is 0 Å². The minimum atomic E-state index is -0.0886. The molecule has 0 aliphatic rings. The molecule has 0 heterocycles. The highest BCUT2D eigenvalue weighted by Crippen LogP contribution is 2.36. The molecule has 6 nitrogen and oxygen atoms in total. The van der Waals surface area contributed by atoms with Crippen molar-refractivity contribution in [2.24, 2.45) is 0 Å². The molecule has 0 unspecified atom stereocenters. The fourth-order valence-electron chi connectivity index (χ4n) is 4.45. The second kappa shape index (κ2) is 14.5. The molecule has 0 spiro atoms. The number of carbonyl (C=O) groups excluding carboxylic acids is 2. The lowest BCUT2D eigenvalue weighted by Crippen LogP contribution is -2.34. The molecule has 4 aromatic rings. The summed E-state index contributed by atoms with van der Waals surface area (Å²) < 4.78 is 12.1. The highest BCUT2D eigenvalue weighted by atomic mass is 16.5. The molecule has 0 aromatic heterocycles. The van der Waals surface area contributed by atoms with Crippen molar-refractivity contribution in [1.29, 1.82) is 0 Å². The molecule has 0 saturated heterocycles. The summed E-state index contributed by atoms with van der Waals surface area (Å²) in [7, 11) is 0. The van der Waals surface area contributed by atoms with Crippen molar-refractivity contribution in [1.82, 2.24) is 9.80 Å². The van der Waals surface area contributed by atoms with Gasteiger partial charge in [0, 0.05) is 37.3 Å². The summed E-state index contributed by atoms with van der Waals surface area (Å²) in [5, 5.41) is 0. The van der Waals surface area contributed by atoms with Crippen molar-refractivity contribution in [2.75, 3.05) is 26.3 Å². The van der Waals surface area contributed by atoms with Crippen LogP contribution >= 0.6 is 0 Å². The van der Waals surface area contributed by atoms with Crippen molar-refractivity contribution in [2.45, 2.75) is 26.9 Å². The van der Waals surface area contributed by atoms with Crippen LogP contribution in [0.25, 0.3) is 11.1 Å². The topological polar surface area (TPSA) is 59.1 Å². The zero-order chi connectivity index (χ0) is 28.2. The Morgan fingerprint density at radius 1 is 0.525 bits per heavy atom. The smallest absolute Gasteiger partial charge is 0.260 e. The summed E-state index contributed by atoms with van der Waals surface area (Å²) >= 11 is 0. The highest BCUT2D eigenvalue weighted by molar-refractivity contribution is 5.81. The largest absolute Gasteiger partial charge is 0.483 e. The average Bonchev–Trinajstić information content (AvgIpc) is 3.01. The first-order chi connectivity index (χ1) is 19.6. The first kappa shape index (κ1) is 28.4. The zero-order valence-corrected chi connectivity index (χ0v) is 23.2. The standard InChI is InChI=1S/C34H36N2O4/c1-3-35(23-27-15-7-5-8-16-27)33(37)25-39-31-21-13-11-19-29(31)30-20-12-14-22-32(30)40-26-34(38)36(4-2)24-28-17-9-6-10-18-28/h5-22H,3-4,23-26H2,1-2H3. The van der Waals surface area contributed by atoms with Crippen LogP contribution in [0.5, 0.6) is 11.5 Å². The lowest BCUT2D eigenvalue weighted by atomic mass is 10.0. The normalized spacial score (nSPS) is 10.6. The number of ether oxygens (including phenoxy) is 2. The van der Waals surface area contributed by atoms with Crippen LogP contribution < -0.4 is 9.47 Å². The predicted molar refractivity (Wildman–Crippen MR) is 158 cm³/mol. The molecule has 6 heteroatoms. The van der Waals surface area contributed by atoms with Gasteiger partial charge < -0.3 is 19.3 Å². The Morgan fingerprint density at radius 2 is 0.875 bits per heavy atom. The van der Waals surface area contributed by atoms with Gasteiger partial charge in [0.05, 0.1) is 0 Å². The Hall–Kier alpha value is -4.58. The molecule has 0 bridgehead atoms. The summed E-state index contributed by atoms with van der Waals surface area (Å²) in [5.41, 5.74) is 3.73. The molecular formula is C34H36N2O4. The molecule has 0 radical (unpaired) electrons. The maximum atomic E-state index is 13.0. The van der Waals surface area contributed by atoms with Crippen LogP contribution in [0, 0.1) is 0 Å². The molecule has 0 atom stereocenters. The van der Waals surface area contributed by atoms with E-state index in [4.69, 9.17) is 9.47 Å². The van der Waals surface area contributed by atoms with Crippen LogP contribution in [0.4, 0.5) is 0 Å². The number of hydrogen-bond donors (Lipinski definition) is 0. The van der Waals surface area contributed by atoms with E-state index in [9.17, 15) is 9.59 Å². The molecule has 0 N–H and O–H groups in total. The number of amides is 2. The Labute approximate surface area is 236 Å². The van der Waals surface area contributed by atoms with E-state index >= 15 is 0 Å².